The molecule has 2 atom stereocenters. The van der Waals surface area contributed by atoms with Gasteiger partial charge in [0, 0.05) is 6.42 Å². The van der Waals surface area contributed by atoms with Gasteiger partial charge in [0.1, 0.15) is 0 Å². The van der Waals surface area contributed by atoms with E-state index in [0.29, 0.717) is 6.42 Å². The second-order valence-corrected chi connectivity index (χ2v) is 2.88. The van der Waals surface area contributed by atoms with Crippen molar-refractivity contribution in [1.82, 2.24) is 0 Å². The van der Waals surface area contributed by atoms with Crippen molar-refractivity contribution in [3.8, 4) is 0 Å². The molecule has 11 heavy (non-hydrogen) atoms. The number of carbonyl (C=O) groups is 1. The first-order valence-corrected chi connectivity index (χ1v) is 4.15. The highest BCUT2D eigenvalue weighted by Crippen LogP contribution is 2.05. The van der Waals surface area contributed by atoms with Crippen LogP contribution in [0.4, 0.5) is 0 Å². The summed E-state index contributed by atoms with van der Waals surface area (Å²) in [4.78, 5) is 10.8. The summed E-state index contributed by atoms with van der Waals surface area (Å²) in [6, 6.07) is 0. The minimum Gasteiger partial charge on any atom is -0.449 e. The fraction of sp³-hybridized carbons (Fsp3) is 0.857. The maximum absolute atomic E-state index is 10.8. The minimum atomic E-state index is -0.723. The van der Waals surface area contributed by atoms with Gasteiger partial charge in [0.25, 0.3) is 0 Å². The van der Waals surface area contributed by atoms with E-state index in [1.165, 1.54) is 6.92 Å². The molecule has 0 aromatic carbocycles. The number of thiol groups is 1. The average Bonchev–Trinajstić information content (AvgIpc) is 1.87. The zero-order valence-corrected chi connectivity index (χ0v) is 7.67. The topological polar surface area (TPSA) is 46.5 Å². The molecule has 0 fully saturated rings. The highest BCUT2D eigenvalue weighted by molar-refractivity contribution is 7.80. The van der Waals surface area contributed by atoms with Gasteiger partial charge in [-0.05, 0) is 13.3 Å². The molecule has 0 aliphatic heterocycles. The van der Waals surface area contributed by atoms with Crippen LogP contribution in [0.25, 0.3) is 0 Å². The molecule has 0 aromatic rings. The summed E-state index contributed by atoms with van der Waals surface area (Å²) in [6.45, 7) is 3.41. The van der Waals surface area contributed by atoms with Crippen molar-refractivity contribution in [2.75, 3.05) is 0 Å². The lowest BCUT2D eigenvalue weighted by Crippen LogP contribution is -2.23. The first-order valence-electron chi connectivity index (χ1n) is 3.63. The number of hydrogen-bond acceptors (Lipinski definition) is 4. The summed E-state index contributed by atoms with van der Waals surface area (Å²) < 4.78 is 4.73. The van der Waals surface area contributed by atoms with Gasteiger partial charge in [-0.3, -0.25) is 4.79 Å². The first-order chi connectivity index (χ1) is 5.07. The molecule has 3 nitrogen and oxygen atoms in total. The molecular weight excluding hydrogens is 164 g/mol. The van der Waals surface area contributed by atoms with Crippen LogP contribution in [0.2, 0.25) is 0 Å². The quantitative estimate of drug-likeness (QED) is 0.383. The first kappa shape index (κ1) is 10.8. The van der Waals surface area contributed by atoms with E-state index in [0.717, 1.165) is 6.42 Å². The van der Waals surface area contributed by atoms with Gasteiger partial charge in [-0.2, -0.15) is 0 Å². The van der Waals surface area contributed by atoms with Gasteiger partial charge < -0.3 is 9.84 Å². The molecule has 0 aromatic heterocycles. The molecule has 66 valence electrons. The molecule has 0 rings (SSSR count). The van der Waals surface area contributed by atoms with E-state index in [9.17, 15) is 4.79 Å². The Labute approximate surface area is 72.2 Å². The zero-order chi connectivity index (χ0) is 8.85. The zero-order valence-electron chi connectivity index (χ0n) is 6.78. The predicted molar refractivity (Wildman–Crippen MR) is 45.5 cm³/mol. The van der Waals surface area contributed by atoms with Gasteiger partial charge in [-0.25, -0.2) is 0 Å². The highest BCUT2D eigenvalue weighted by atomic mass is 32.1. The maximum Gasteiger partial charge on any atom is 0.306 e. The van der Waals surface area contributed by atoms with Gasteiger partial charge in [0.2, 0.25) is 0 Å². The van der Waals surface area contributed by atoms with Crippen LogP contribution in [-0.4, -0.2) is 22.6 Å². The van der Waals surface area contributed by atoms with E-state index in [4.69, 9.17) is 9.84 Å². The molecule has 0 saturated heterocycles. The Morgan fingerprint density at radius 3 is 2.64 bits per heavy atom. The monoisotopic (exact) mass is 178 g/mol. The van der Waals surface area contributed by atoms with Gasteiger partial charge >= 0.3 is 5.97 Å². The second kappa shape index (κ2) is 5.43. The second-order valence-electron chi connectivity index (χ2n) is 2.37. The van der Waals surface area contributed by atoms with Crippen LogP contribution >= 0.6 is 12.6 Å². The van der Waals surface area contributed by atoms with E-state index in [2.05, 4.69) is 12.6 Å². The molecule has 2 unspecified atom stereocenters. The van der Waals surface area contributed by atoms with Gasteiger partial charge in [0.05, 0.1) is 6.10 Å². The van der Waals surface area contributed by atoms with Crippen LogP contribution in [0.15, 0.2) is 0 Å². The van der Waals surface area contributed by atoms with Crippen LogP contribution in [0.3, 0.4) is 0 Å². The van der Waals surface area contributed by atoms with Crippen molar-refractivity contribution in [3.05, 3.63) is 0 Å². The summed E-state index contributed by atoms with van der Waals surface area (Å²) in [7, 11) is 0. The van der Waals surface area contributed by atoms with Gasteiger partial charge in [0.15, 0.2) is 5.44 Å². The van der Waals surface area contributed by atoms with Crippen molar-refractivity contribution in [2.45, 2.75) is 38.2 Å². The Morgan fingerprint density at radius 1 is 1.73 bits per heavy atom. The number of rotatable bonds is 4. The lowest BCUT2D eigenvalue weighted by molar-refractivity contribution is -0.148. The van der Waals surface area contributed by atoms with Gasteiger partial charge in [-0.1, -0.05) is 6.92 Å². The van der Waals surface area contributed by atoms with E-state index in [-0.39, 0.29) is 5.97 Å². The molecule has 0 aliphatic carbocycles. The van der Waals surface area contributed by atoms with Crippen molar-refractivity contribution in [2.24, 2.45) is 0 Å². The molecule has 0 bridgehead atoms. The molecule has 0 saturated carbocycles. The third-order valence-electron chi connectivity index (χ3n) is 1.12. The molecule has 0 spiro atoms. The highest BCUT2D eigenvalue weighted by Gasteiger charge is 2.13. The summed E-state index contributed by atoms with van der Waals surface area (Å²) in [5, 5.41) is 8.88. The maximum atomic E-state index is 10.8. The van der Waals surface area contributed by atoms with Crippen LogP contribution in [0.5, 0.6) is 0 Å². The standard InChI is InChI=1S/C7H14O3S/c1-3-4-6(9)10-7(11)5(2)8/h5,7-8,11H,3-4H2,1-2H3. The summed E-state index contributed by atoms with van der Waals surface area (Å²) in [5.41, 5.74) is -0.700. The van der Waals surface area contributed by atoms with Crippen LogP contribution in [-0.2, 0) is 9.53 Å². The molecule has 4 heteroatoms. The number of esters is 1. The molecule has 1 N–H and O–H groups in total. The summed E-state index contributed by atoms with van der Waals surface area (Å²) >= 11 is 3.86. The SMILES string of the molecule is CCCC(=O)OC(S)C(C)O. The van der Waals surface area contributed by atoms with Crippen molar-refractivity contribution in [3.63, 3.8) is 0 Å². The van der Waals surface area contributed by atoms with Crippen molar-refractivity contribution in [1.29, 1.82) is 0 Å². The van der Waals surface area contributed by atoms with Crippen LogP contribution in [0, 0.1) is 0 Å². The lowest BCUT2D eigenvalue weighted by atomic mass is 10.3. The number of ether oxygens (including phenoxy) is 1. The van der Waals surface area contributed by atoms with Crippen molar-refractivity contribution >= 4 is 18.6 Å². The van der Waals surface area contributed by atoms with E-state index >= 15 is 0 Å². The minimum absolute atomic E-state index is 0.312. The molecule has 0 heterocycles. The molecule has 0 aliphatic rings. The Balaban J connectivity index is 3.57. The number of aliphatic hydroxyl groups excluding tert-OH is 1. The third-order valence-corrected chi connectivity index (χ3v) is 1.66. The average molecular weight is 178 g/mol. The Morgan fingerprint density at radius 2 is 2.27 bits per heavy atom. The fourth-order valence-corrected chi connectivity index (χ4v) is 0.614. The third kappa shape index (κ3) is 5.09. The van der Waals surface area contributed by atoms with E-state index in [1.807, 2.05) is 6.92 Å². The number of aliphatic hydroxyl groups is 1. The van der Waals surface area contributed by atoms with E-state index < -0.39 is 11.5 Å². The Bertz CT molecular complexity index is 125. The van der Waals surface area contributed by atoms with Crippen molar-refractivity contribution < 1.29 is 14.6 Å². The normalized spacial score (nSPS) is 15.6. The van der Waals surface area contributed by atoms with Crippen LogP contribution < -0.4 is 0 Å². The lowest BCUT2D eigenvalue weighted by Gasteiger charge is -2.14. The summed E-state index contributed by atoms with van der Waals surface area (Å²) in [5.74, 6) is -0.312. The van der Waals surface area contributed by atoms with E-state index in [1.54, 1.807) is 0 Å². The molecular formula is C7H14O3S. The smallest absolute Gasteiger partial charge is 0.306 e. The predicted octanol–water partition coefficient (Wildman–Crippen LogP) is 0.966. The van der Waals surface area contributed by atoms with Crippen LogP contribution in [0.1, 0.15) is 26.7 Å². The number of carbonyl (C=O) groups excluding carboxylic acids is 1. The molecule has 0 amide bonds. The number of hydrogen-bond donors (Lipinski definition) is 2. The van der Waals surface area contributed by atoms with Gasteiger partial charge in [-0.15, -0.1) is 12.6 Å². The summed E-state index contributed by atoms with van der Waals surface area (Å²) in [6.07, 6.45) is 0.405. The Kier molecular flexibility index (Phi) is 5.32. The largest absolute Gasteiger partial charge is 0.449 e. The fourth-order valence-electron chi connectivity index (χ4n) is 0.496. The molecule has 0 radical (unpaired) electrons. The Hall–Kier alpha value is -0.220.